The molecule has 0 unspecified atom stereocenters. The van der Waals surface area contributed by atoms with Crippen LogP contribution in [0.5, 0.6) is 0 Å². The van der Waals surface area contributed by atoms with Crippen LogP contribution < -0.4 is 0 Å². The highest BCUT2D eigenvalue weighted by molar-refractivity contribution is 6.61. The molecule has 0 spiro atoms. The predicted octanol–water partition coefficient (Wildman–Crippen LogP) is 1.60. The lowest BCUT2D eigenvalue weighted by molar-refractivity contribution is 0.165. The second kappa shape index (κ2) is 3.58. The summed E-state index contributed by atoms with van der Waals surface area (Å²) < 4.78 is 6.25. The molecule has 0 aliphatic rings. The summed E-state index contributed by atoms with van der Waals surface area (Å²) in [5.41, 5.74) is 0.901. The smallest absolute Gasteiger partial charge is 0.404 e. The first kappa shape index (κ1) is 9.06. The van der Waals surface area contributed by atoms with Crippen molar-refractivity contribution in [3.63, 3.8) is 0 Å². The van der Waals surface area contributed by atoms with E-state index < -0.39 is 5.43 Å². The molecular formula is C7H9ClN2O2. The average Bonchev–Trinajstić information content (AvgIpc) is 2.28. The van der Waals surface area contributed by atoms with Crippen LogP contribution in [0.1, 0.15) is 11.4 Å². The van der Waals surface area contributed by atoms with Crippen LogP contribution in [0.3, 0.4) is 0 Å². The Morgan fingerprint density at radius 1 is 1.83 bits per heavy atom. The van der Waals surface area contributed by atoms with E-state index in [1.54, 1.807) is 4.68 Å². The van der Waals surface area contributed by atoms with Gasteiger partial charge >= 0.3 is 5.43 Å². The Morgan fingerprint density at radius 2 is 2.50 bits per heavy atom. The summed E-state index contributed by atoms with van der Waals surface area (Å²) in [5, 5.41) is 4.06. The monoisotopic (exact) mass is 188 g/mol. The Labute approximate surface area is 75.1 Å². The summed E-state index contributed by atoms with van der Waals surface area (Å²) in [6, 6.07) is 1.83. The van der Waals surface area contributed by atoms with Crippen molar-refractivity contribution in [2.45, 2.75) is 13.5 Å². The van der Waals surface area contributed by atoms with Crippen molar-refractivity contribution in [2.75, 3.05) is 0 Å². The van der Waals surface area contributed by atoms with E-state index in [9.17, 15) is 4.79 Å². The largest absolute Gasteiger partial charge is 0.447 e. The van der Waals surface area contributed by atoms with Crippen molar-refractivity contribution in [3.8, 4) is 0 Å². The number of aromatic nitrogens is 2. The Hall–Kier alpha value is -1.03. The van der Waals surface area contributed by atoms with Crippen LogP contribution >= 0.6 is 11.6 Å². The Kier molecular flexibility index (Phi) is 2.70. The van der Waals surface area contributed by atoms with Gasteiger partial charge < -0.3 is 4.74 Å². The minimum absolute atomic E-state index is 0.129. The molecule has 1 aromatic rings. The molecule has 4 nitrogen and oxygen atoms in total. The highest BCUT2D eigenvalue weighted by atomic mass is 35.5. The van der Waals surface area contributed by atoms with Gasteiger partial charge in [0.15, 0.2) is 0 Å². The van der Waals surface area contributed by atoms with E-state index >= 15 is 0 Å². The molecule has 0 bridgehead atoms. The molecule has 0 radical (unpaired) electrons. The van der Waals surface area contributed by atoms with Gasteiger partial charge in [0.05, 0.1) is 0 Å². The van der Waals surface area contributed by atoms with Gasteiger partial charge in [-0.3, -0.25) is 4.68 Å². The summed E-state index contributed by atoms with van der Waals surface area (Å²) in [7, 11) is 1.82. The van der Waals surface area contributed by atoms with Crippen LogP contribution in [-0.4, -0.2) is 15.2 Å². The van der Waals surface area contributed by atoms with Crippen LogP contribution in [0.25, 0.3) is 0 Å². The molecule has 1 rings (SSSR count). The molecule has 0 aliphatic carbocycles. The predicted molar refractivity (Wildman–Crippen MR) is 44.0 cm³/mol. The maximum absolute atomic E-state index is 10.2. The summed E-state index contributed by atoms with van der Waals surface area (Å²) in [5.74, 6) is 0. The second-order valence-electron chi connectivity index (χ2n) is 2.43. The van der Waals surface area contributed by atoms with Crippen LogP contribution in [0, 0.1) is 6.92 Å². The van der Waals surface area contributed by atoms with Gasteiger partial charge in [0, 0.05) is 24.3 Å². The molecule has 66 valence electrons. The van der Waals surface area contributed by atoms with Gasteiger partial charge in [-0.25, -0.2) is 4.79 Å². The molecule has 1 aromatic heterocycles. The number of rotatable bonds is 2. The molecular weight excluding hydrogens is 180 g/mol. The first-order chi connectivity index (χ1) is 5.59. The average molecular weight is 189 g/mol. The summed E-state index contributed by atoms with van der Waals surface area (Å²) in [4.78, 5) is 10.2. The van der Waals surface area contributed by atoms with Crippen LogP contribution in [0.2, 0.25) is 0 Å². The molecule has 0 amide bonds. The molecule has 0 N–H and O–H groups in total. The second-order valence-corrected chi connectivity index (χ2v) is 2.74. The third-order valence-electron chi connectivity index (χ3n) is 1.50. The number of ether oxygens (including phenoxy) is 1. The Balaban J connectivity index is 2.58. The number of carbonyl (C=O) groups excluding carboxylic acids is 1. The normalized spacial score (nSPS) is 9.92. The first-order valence-corrected chi connectivity index (χ1v) is 3.79. The number of hydrogen-bond acceptors (Lipinski definition) is 3. The lowest BCUT2D eigenvalue weighted by Crippen LogP contribution is -1.97. The quantitative estimate of drug-likeness (QED) is 0.663. The van der Waals surface area contributed by atoms with E-state index in [2.05, 4.69) is 9.84 Å². The van der Waals surface area contributed by atoms with Gasteiger partial charge in [0.25, 0.3) is 0 Å². The highest BCUT2D eigenvalue weighted by Crippen LogP contribution is 2.03. The fourth-order valence-corrected chi connectivity index (χ4v) is 0.891. The van der Waals surface area contributed by atoms with E-state index in [4.69, 9.17) is 11.6 Å². The zero-order valence-electron chi connectivity index (χ0n) is 6.87. The number of hydrogen-bond donors (Lipinski definition) is 0. The molecule has 1 heterocycles. The standard InChI is InChI=1S/C7H9ClN2O2/c1-5-3-6(9-10(5)2)4-12-7(8)11/h3H,4H2,1-2H3. The summed E-state index contributed by atoms with van der Waals surface area (Å²) in [6.07, 6.45) is 0. The highest BCUT2D eigenvalue weighted by Gasteiger charge is 2.02. The fraction of sp³-hybridized carbons (Fsp3) is 0.429. The molecule has 0 aliphatic heterocycles. The van der Waals surface area contributed by atoms with Gasteiger partial charge in [0.1, 0.15) is 12.3 Å². The van der Waals surface area contributed by atoms with E-state index in [-0.39, 0.29) is 6.61 Å². The first-order valence-electron chi connectivity index (χ1n) is 3.41. The van der Waals surface area contributed by atoms with Crippen LogP contribution in [0.4, 0.5) is 4.79 Å². The fourth-order valence-electron chi connectivity index (χ4n) is 0.836. The molecule has 5 heteroatoms. The van der Waals surface area contributed by atoms with Gasteiger partial charge in [-0.2, -0.15) is 5.10 Å². The number of halogens is 1. The van der Waals surface area contributed by atoms with Crippen molar-refractivity contribution in [3.05, 3.63) is 17.5 Å². The minimum atomic E-state index is -0.807. The topological polar surface area (TPSA) is 44.1 Å². The van der Waals surface area contributed by atoms with Crippen molar-refractivity contribution >= 4 is 17.0 Å². The molecule has 12 heavy (non-hydrogen) atoms. The molecule has 0 saturated heterocycles. The zero-order chi connectivity index (χ0) is 9.14. The lowest BCUT2D eigenvalue weighted by atomic mass is 10.4. The zero-order valence-corrected chi connectivity index (χ0v) is 7.63. The summed E-state index contributed by atoms with van der Waals surface area (Å²) in [6.45, 7) is 2.04. The van der Waals surface area contributed by atoms with E-state index in [1.165, 1.54) is 0 Å². The van der Waals surface area contributed by atoms with Gasteiger partial charge in [-0.1, -0.05) is 0 Å². The molecule has 0 atom stereocenters. The van der Waals surface area contributed by atoms with Crippen molar-refractivity contribution in [2.24, 2.45) is 7.05 Å². The lowest BCUT2D eigenvalue weighted by Gasteiger charge is -1.94. The number of nitrogens with zero attached hydrogens (tertiary/aromatic N) is 2. The van der Waals surface area contributed by atoms with E-state index in [1.807, 2.05) is 20.0 Å². The third-order valence-corrected chi connectivity index (χ3v) is 1.61. The summed E-state index contributed by atoms with van der Waals surface area (Å²) >= 11 is 4.98. The number of aryl methyl sites for hydroxylation is 2. The molecule has 0 saturated carbocycles. The Bertz CT molecular complexity index is 276. The van der Waals surface area contributed by atoms with Crippen LogP contribution in [-0.2, 0) is 18.4 Å². The van der Waals surface area contributed by atoms with Crippen molar-refractivity contribution in [1.29, 1.82) is 0 Å². The van der Waals surface area contributed by atoms with E-state index in [0.29, 0.717) is 5.69 Å². The maximum Gasteiger partial charge on any atom is 0.404 e. The van der Waals surface area contributed by atoms with Gasteiger partial charge in [-0.05, 0) is 13.0 Å². The maximum atomic E-state index is 10.2. The SMILES string of the molecule is Cc1cc(COC(=O)Cl)nn1C. The van der Waals surface area contributed by atoms with Crippen molar-refractivity contribution < 1.29 is 9.53 Å². The minimum Gasteiger partial charge on any atom is -0.447 e. The number of carbonyl (C=O) groups is 1. The molecule has 0 aromatic carbocycles. The van der Waals surface area contributed by atoms with Crippen LogP contribution in [0.15, 0.2) is 6.07 Å². The van der Waals surface area contributed by atoms with Crippen molar-refractivity contribution in [1.82, 2.24) is 9.78 Å². The van der Waals surface area contributed by atoms with Gasteiger partial charge in [-0.15, -0.1) is 0 Å². The van der Waals surface area contributed by atoms with Gasteiger partial charge in [0.2, 0.25) is 0 Å². The Morgan fingerprint density at radius 3 is 2.92 bits per heavy atom. The van der Waals surface area contributed by atoms with E-state index in [0.717, 1.165) is 5.69 Å². The molecule has 0 fully saturated rings. The third kappa shape index (κ3) is 2.23.